The lowest BCUT2D eigenvalue weighted by Crippen LogP contribution is -2.42. The SMILES string of the molecule is N[C@H](CC(=O)O)C(=O)NCCC1CCCCC1. The normalized spacial score (nSPS) is 18.6. The molecule has 0 saturated heterocycles. The molecule has 0 aromatic rings. The Hall–Kier alpha value is -1.10. The van der Waals surface area contributed by atoms with Crippen molar-refractivity contribution in [2.45, 2.75) is 51.0 Å². The maximum Gasteiger partial charge on any atom is 0.305 e. The highest BCUT2D eigenvalue weighted by atomic mass is 16.4. The van der Waals surface area contributed by atoms with Crippen LogP contribution in [0.25, 0.3) is 0 Å². The van der Waals surface area contributed by atoms with Gasteiger partial charge in [0.05, 0.1) is 12.5 Å². The van der Waals surface area contributed by atoms with E-state index in [4.69, 9.17) is 10.8 Å². The van der Waals surface area contributed by atoms with Crippen LogP contribution in [0, 0.1) is 5.92 Å². The third-order valence-electron chi connectivity index (χ3n) is 3.31. The minimum Gasteiger partial charge on any atom is -0.481 e. The second kappa shape index (κ2) is 7.27. The fourth-order valence-corrected chi connectivity index (χ4v) is 2.29. The minimum atomic E-state index is -1.04. The second-order valence-corrected chi connectivity index (χ2v) is 4.79. The lowest BCUT2D eigenvalue weighted by molar-refractivity contribution is -0.139. The van der Waals surface area contributed by atoms with E-state index in [1.807, 2.05) is 0 Å². The number of rotatable bonds is 6. The third-order valence-corrected chi connectivity index (χ3v) is 3.31. The molecule has 1 atom stereocenters. The summed E-state index contributed by atoms with van der Waals surface area (Å²) in [6.07, 6.45) is 7.07. The monoisotopic (exact) mass is 242 g/mol. The van der Waals surface area contributed by atoms with E-state index >= 15 is 0 Å². The van der Waals surface area contributed by atoms with Crippen molar-refractivity contribution >= 4 is 11.9 Å². The molecule has 1 saturated carbocycles. The molecular weight excluding hydrogens is 220 g/mol. The van der Waals surface area contributed by atoms with Gasteiger partial charge in [-0.15, -0.1) is 0 Å². The number of carbonyl (C=O) groups excluding carboxylic acids is 1. The fourth-order valence-electron chi connectivity index (χ4n) is 2.29. The summed E-state index contributed by atoms with van der Waals surface area (Å²) in [5.74, 6) is -0.692. The standard InChI is InChI=1S/C12H22N2O3/c13-10(8-11(15)16)12(17)14-7-6-9-4-2-1-3-5-9/h9-10H,1-8,13H2,(H,14,17)(H,15,16)/t10-/m1/s1. The van der Waals surface area contributed by atoms with Crippen LogP contribution >= 0.6 is 0 Å². The van der Waals surface area contributed by atoms with E-state index in [9.17, 15) is 9.59 Å². The zero-order chi connectivity index (χ0) is 12.7. The number of amides is 1. The second-order valence-electron chi connectivity index (χ2n) is 4.79. The van der Waals surface area contributed by atoms with Crippen LogP contribution in [0.2, 0.25) is 0 Å². The quantitative estimate of drug-likeness (QED) is 0.644. The highest BCUT2D eigenvalue weighted by Gasteiger charge is 2.17. The summed E-state index contributed by atoms with van der Waals surface area (Å²) >= 11 is 0. The van der Waals surface area contributed by atoms with Gasteiger partial charge in [0.2, 0.25) is 5.91 Å². The van der Waals surface area contributed by atoms with Crippen molar-refractivity contribution in [3.05, 3.63) is 0 Å². The Morgan fingerprint density at radius 2 is 1.94 bits per heavy atom. The summed E-state index contributed by atoms with van der Waals surface area (Å²) in [5.41, 5.74) is 5.44. The summed E-state index contributed by atoms with van der Waals surface area (Å²) in [4.78, 5) is 21.8. The van der Waals surface area contributed by atoms with Crippen molar-refractivity contribution < 1.29 is 14.7 Å². The van der Waals surface area contributed by atoms with Crippen molar-refractivity contribution in [2.75, 3.05) is 6.54 Å². The van der Waals surface area contributed by atoms with Gasteiger partial charge in [-0.2, -0.15) is 0 Å². The van der Waals surface area contributed by atoms with Gasteiger partial charge in [-0.3, -0.25) is 9.59 Å². The minimum absolute atomic E-state index is 0.310. The van der Waals surface area contributed by atoms with Gasteiger partial charge >= 0.3 is 5.97 Å². The van der Waals surface area contributed by atoms with Crippen LogP contribution in [0.4, 0.5) is 0 Å². The topological polar surface area (TPSA) is 92.4 Å². The van der Waals surface area contributed by atoms with Crippen LogP contribution in [0.15, 0.2) is 0 Å². The molecule has 0 bridgehead atoms. The van der Waals surface area contributed by atoms with Crippen molar-refractivity contribution in [2.24, 2.45) is 11.7 Å². The molecule has 1 rings (SSSR count). The van der Waals surface area contributed by atoms with Crippen LogP contribution in [0.1, 0.15) is 44.9 Å². The number of nitrogens with one attached hydrogen (secondary N) is 1. The molecule has 0 aromatic carbocycles. The molecule has 0 radical (unpaired) electrons. The summed E-state index contributed by atoms with van der Waals surface area (Å²) in [7, 11) is 0. The van der Waals surface area contributed by atoms with Crippen molar-refractivity contribution in [3.63, 3.8) is 0 Å². The Morgan fingerprint density at radius 1 is 1.29 bits per heavy atom. The first kappa shape index (κ1) is 14.0. The van der Waals surface area contributed by atoms with Crippen molar-refractivity contribution in [3.8, 4) is 0 Å². The molecule has 1 amide bonds. The van der Waals surface area contributed by atoms with E-state index in [0.29, 0.717) is 12.5 Å². The Bertz CT molecular complexity index is 262. The summed E-state index contributed by atoms with van der Waals surface area (Å²) < 4.78 is 0. The summed E-state index contributed by atoms with van der Waals surface area (Å²) in [5, 5.41) is 11.2. The maximum atomic E-state index is 11.4. The van der Waals surface area contributed by atoms with Crippen molar-refractivity contribution in [1.29, 1.82) is 0 Å². The molecule has 0 aliphatic heterocycles. The number of carboxylic acids is 1. The van der Waals surface area contributed by atoms with Crippen LogP contribution in [-0.2, 0) is 9.59 Å². The maximum absolute atomic E-state index is 11.4. The summed E-state index contributed by atoms with van der Waals surface area (Å²) in [6.45, 7) is 0.608. The number of hydrogen-bond donors (Lipinski definition) is 3. The molecule has 0 spiro atoms. The molecule has 1 aliphatic carbocycles. The zero-order valence-corrected chi connectivity index (χ0v) is 10.2. The Labute approximate surface area is 102 Å². The molecule has 98 valence electrons. The fraction of sp³-hybridized carbons (Fsp3) is 0.833. The largest absolute Gasteiger partial charge is 0.481 e. The van der Waals surface area contributed by atoms with E-state index in [2.05, 4.69) is 5.32 Å². The molecule has 5 nitrogen and oxygen atoms in total. The van der Waals surface area contributed by atoms with Gasteiger partial charge in [0, 0.05) is 6.54 Å². The lowest BCUT2D eigenvalue weighted by Gasteiger charge is -2.21. The van der Waals surface area contributed by atoms with E-state index in [-0.39, 0.29) is 12.3 Å². The molecule has 0 aromatic heterocycles. The van der Waals surface area contributed by atoms with E-state index < -0.39 is 12.0 Å². The number of hydrogen-bond acceptors (Lipinski definition) is 3. The summed E-state index contributed by atoms with van der Waals surface area (Å²) in [6, 6.07) is -0.932. The van der Waals surface area contributed by atoms with E-state index in [1.165, 1.54) is 32.1 Å². The number of carboxylic acid groups (broad SMARTS) is 1. The van der Waals surface area contributed by atoms with E-state index in [0.717, 1.165) is 6.42 Å². The van der Waals surface area contributed by atoms with Gasteiger partial charge in [0.1, 0.15) is 0 Å². The Balaban J connectivity index is 2.12. The molecular formula is C12H22N2O3. The highest BCUT2D eigenvalue weighted by Crippen LogP contribution is 2.25. The predicted octanol–water partition coefficient (Wildman–Crippen LogP) is 0.875. The Morgan fingerprint density at radius 3 is 2.53 bits per heavy atom. The highest BCUT2D eigenvalue weighted by molar-refractivity contribution is 5.85. The predicted molar refractivity (Wildman–Crippen MR) is 64.4 cm³/mol. The van der Waals surface area contributed by atoms with Crippen LogP contribution < -0.4 is 11.1 Å². The number of carbonyl (C=O) groups is 2. The molecule has 1 aliphatic rings. The van der Waals surface area contributed by atoms with Crippen LogP contribution in [-0.4, -0.2) is 29.6 Å². The smallest absolute Gasteiger partial charge is 0.305 e. The van der Waals surface area contributed by atoms with Gasteiger partial charge in [-0.25, -0.2) is 0 Å². The Kier molecular flexibility index (Phi) is 5.97. The molecule has 1 fully saturated rings. The molecule has 0 unspecified atom stereocenters. The molecule has 17 heavy (non-hydrogen) atoms. The molecule has 4 N–H and O–H groups in total. The van der Waals surface area contributed by atoms with Crippen LogP contribution in [0.5, 0.6) is 0 Å². The van der Waals surface area contributed by atoms with Gasteiger partial charge < -0.3 is 16.2 Å². The number of nitrogens with two attached hydrogens (primary N) is 1. The first-order chi connectivity index (χ1) is 8.09. The van der Waals surface area contributed by atoms with Gasteiger partial charge in [0.25, 0.3) is 0 Å². The zero-order valence-electron chi connectivity index (χ0n) is 10.2. The van der Waals surface area contributed by atoms with Gasteiger partial charge in [-0.1, -0.05) is 32.1 Å². The number of aliphatic carboxylic acids is 1. The first-order valence-electron chi connectivity index (χ1n) is 6.34. The van der Waals surface area contributed by atoms with Crippen molar-refractivity contribution in [1.82, 2.24) is 5.32 Å². The lowest BCUT2D eigenvalue weighted by atomic mass is 9.87. The van der Waals surface area contributed by atoms with Gasteiger partial charge in [-0.05, 0) is 12.3 Å². The van der Waals surface area contributed by atoms with Crippen LogP contribution in [0.3, 0.4) is 0 Å². The first-order valence-corrected chi connectivity index (χ1v) is 6.34. The third kappa shape index (κ3) is 5.68. The van der Waals surface area contributed by atoms with Gasteiger partial charge in [0.15, 0.2) is 0 Å². The molecule has 0 heterocycles. The van der Waals surface area contributed by atoms with E-state index in [1.54, 1.807) is 0 Å². The molecule has 5 heteroatoms. The average Bonchev–Trinajstić information content (AvgIpc) is 2.29. The average molecular weight is 242 g/mol.